The van der Waals surface area contributed by atoms with Crippen LogP contribution < -0.4 is 0 Å². The molecule has 2 unspecified atom stereocenters. The number of benzene rings is 2. The van der Waals surface area contributed by atoms with Crippen molar-refractivity contribution in [3.63, 3.8) is 0 Å². The van der Waals surface area contributed by atoms with Gasteiger partial charge in [0.05, 0.1) is 0 Å². The third-order valence-electron chi connectivity index (χ3n) is 3.28. The van der Waals surface area contributed by atoms with Gasteiger partial charge in [0.2, 0.25) is 0 Å². The summed E-state index contributed by atoms with van der Waals surface area (Å²) in [5, 5.41) is 19.8. The predicted molar refractivity (Wildman–Crippen MR) is 92.8 cm³/mol. The molecule has 0 radical (unpaired) electrons. The summed E-state index contributed by atoms with van der Waals surface area (Å²) in [5.41, 5.74) is 1.58. The van der Waals surface area contributed by atoms with Gasteiger partial charge in [-0.1, -0.05) is 72.8 Å². The molecule has 0 spiro atoms. The largest absolute Gasteiger partial charge is 0.379 e. The number of aliphatic hydroxyl groups excluding tert-OH is 2. The van der Waals surface area contributed by atoms with Crippen molar-refractivity contribution in [2.75, 3.05) is 0 Å². The smallest absolute Gasteiger partial charge is 0.263 e. The summed E-state index contributed by atoms with van der Waals surface area (Å²) in [4.78, 5) is 9.96. The molecule has 0 heterocycles. The van der Waals surface area contributed by atoms with Gasteiger partial charge in [0.1, 0.15) is 0 Å². The molecule has 4 nitrogen and oxygen atoms in total. The molecule has 2 aromatic carbocycles. The minimum absolute atomic E-state index is 0.792. The lowest BCUT2D eigenvalue weighted by Crippen LogP contribution is -2.14. The fraction of sp³-hybridized carbons (Fsp3) is 0.111. The van der Waals surface area contributed by atoms with E-state index in [2.05, 4.69) is 0 Å². The molecule has 120 valence electrons. The molecule has 0 amide bonds. The van der Waals surface area contributed by atoms with Crippen LogP contribution in [-0.2, 0) is 4.57 Å². The number of hydrogen-bond donors (Lipinski definition) is 3. The highest BCUT2D eigenvalue weighted by atomic mass is 31.2. The molecule has 0 aromatic heterocycles. The fourth-order valence-electron chi connectivity index (χ4n) is 1.93. The first-order chi connectivity index (χ1) is 11.0. The molecule has 2 aromatic rings. The molecule has 2 atom stereocenters. The van der Waals surface area contributed by atoms with Crippen LogP contribution in [0, 0.1) is 0 Å². The average Bonchev–Trinajstić information content (AvgIpc) is 2.59. The second kappa shape index (κ2) is 8.04. The van der Waals surface area contributed by atoms with Crippen LogP contribution in [0.2, 0.25) is 0 Å². The molecule has 5 heteroatoms. The van der Waals surface area contributed by atoms with Crippen molar-refractivity contribution in [2.24, 2.45) is 0 Å². The topological polar surface area (TPSA) is 77.8 Å². The zero-order valence-corrected chi connectivity index (χ0v) is 13.3. The molecular formula is C18H19O4P. The Labute approximate surface area is 135 Å². The Kier molecular flexibility index (Phi) is 6.08. The predicted octanol–water partition coefficient (Wildman–Crippen LogP) is 3.32. The number of hydrogen-bond acceptors (Lipinski definition) is 3. The molecule has 23 heavy (non-hydrogen) atoms. The maximum Gasteiger partial charge on any atom is 0.263 e. The third-order valence-corrected chi connectivity index (χ3v) is 5.14. The Morgan fingerprint density at radius 1 is 0.739 bits per heavy atom. The monoisotopic (exact) mass is 330 g/mol. The summed E-state index contributed by atoms with van der Waals surface area (Å²) < 4.78 is 12.2. The molecule has 0 saturated carbocycles. The van der Waals surface area contributed by atoms with E-state index >= 15 is 0 Å². The molecule has 0 aliphatic carbocycles. The first-order valence-electron chi connectivity index (χ1n) is 7.15. The number of aliphatic hydroxyl groups is 2. The lowest BCUT2D eigenvalue weighted by Gasteiger charge is -2.18. The van der Waals surface area contributed by atoms with E-state index in [4.69, 9.17) is 0 Å². The van der Waals surface area contributed by atoms with Gasteiger partial charge in [-0.25, -0.2) is 0 Å². The Hall–Kier alpha value is -1.97. The van der Waals surface area contributed by atoms with Gasteiger partial charge in [0.15, 0.2) is 11.7 Å². The third kappa shape index (κ3) is 5.02. The van der Waals surface area contributed by atoms with Crippen molar-refractivity contribution in [1.82, 2.24) is 0 Å². The van der Waals surface area contributed by atoms with Crippen molar-refractivity contribution in [3.05, 3.63) is 83.9 Å². The molecule has 2 rings (SSSR count). The van der Waals surface area contributed by atoms with Crippen LogP contribution in [0.25, 0.3) is 12.2 Å². The summed E-state index contributed by atoms with van der Waals surface area (Å²) in [7, 11) is -4.21. The average molecular weight is 330 g/mol. The van der Waals surface area contributed by atoms with E-state index in [1.165, 1.54) is 12.2 Å². The van der Waals surface area contributed by atoms with Gasteiger partial charge in [-0.15, -0.1) is 0 Å². The first-order valence-corrected chi connectivity index (χ1v) is 8.95. The van der Waals surface area contributed by atoms with Crippen LogP contribution in [0.5, 0.6) is 0 Å². The summed E-state index contributed by atoms with van der Waals surface area (Å²) in [5.74, 6) is -3.28. The molecule has 0 aliphatic rings. The molecule has 3 N–H and O–H groups in total. The minimum atomic E-state index is -4.21. The normalized spacial score (nSPS) is 17.2. The van der Waals surface area contributed by atoms with Crippen LogP contribution in [0.4, 0.5) is 0 Å². The van der Waals surface area contributed by atoms with Crippen LogP contribution in [-0.4, -0.2) is 26.8 Å². The van der Waals surface area contributed by atoms with Crippen LogP contribution in [0.1, 0.15) is 11.1 Å². The van der Waals surface area contributed by atoms with E-state index in [1.54, 1.807) is 36.4 Å². The molecule has 0 bridgehead atoms. The summed E-state index contributed by atoms with van der Waals surface area (Å²) in [6, 6.07) is 18.2. The van der Waals surface area contributed by atoms with E-state index in [0.717, 1.165) is 11.1 Å². The summed E-state index contributed by atoms with van der Waals surface area (Å²) in [6.07, 6.45) is 5.52. The van der Waals surface area contributed by atoms with Gasteiger partial charge in [-0.3, -0.25) is 4.57 Å². The second-order valence-corrected chi connectivity index (χ2v) is 7.44. The highest BCUT2D eigenvalue weighted by molar-refractivity contribution is 7.59. The van der Waals surface area contributed by atoms with Crippen molar-refractivity contribution in [3.8, 4) is 0 Å². The maximum atomic E-state index is 12.2. The standard InChI is InChI=1S/C18H19O4P/c19-17(13-11-15-7-3-1-4-8-15)23(21,22)18(20)14-12-16-9-5-2-6-10-16/h1-14,17-20H,(H,21,22)/b13-11+,14-12+. The quantitative estimate of drug-likeness (QED) is 0.710. The highest BCUT2D eigenvalue weighted by Crippen LogP contribution is 2.50. The van der Waals surface area contributed by atoms with Gasteiger partial charge in [0, 0.05) is 0 Å². The van der Waals surface area contributed by atoms with Crippen molar-refractivity contribution in [1.29, 1.82) is 0 Å². The zero-order chi connectivity index (χ0) is 16.7. The van der Waals surface area contributed by atoms with Gasteiger partial charge in [0.25, 0.3) is 7.37 Å². The van der Waals surface area contributed by atoms with E-state index in [1.807, 2.05) is 36.4 Å². The van der Waals surface area contributed by atoms with Crippen molar-refractivity contribution >= 4 is 19.5 Å². The Morgan fingerprint density at radius 2 is 1.09 bits per heavy atom. The second-order valence-electron chi connectivity index (χ2n) is 5.04. The van der Waals surface area contributed by atoms with Crippen LogP contribution >= 0.6 is 7.37 Å². The Morgan fingerprint density at radius 3 is 1.43 bits per heavy atom. The van der Waals surface area contributed by atoms with Crippen LogP contribution in [0.3, 0.4) is 0 Å². The number of rotatable bonds is 6. The van der Waals surface area contributed by atoms with Gasteiger partial charge < -0.3 is 15.1 Å². The van der Waals surface area contributed by atoms with Crippen molar-refractivity contribution < 1.29 is 19.7 Å². The van der Waals surface area contributed by atoms with Crippen LogP contribution in [0.15, 0.2) is 72.8 Å². The first kappa shape index (κ1) is 17.4. The maximum absolute atomic E-state index is 12.2. The van der Waals surface area contributed by atoms with Gasteiger partial charge in [-0.2, -0.15) is 0 Å². The molecule has 0 fully saturated rings. The van der Waals surface area contributed by atoms with E-state index in [9.17, 15) is 19.7 Å². The van der Waals surface area contributed by atoms with Gasteiger partial charge in [-0.05, 0) is 23.3 Å². The summed E-state index contributed by atoms with van der Waals surface area (Å²) in [6.45, 7) is 0. The molecule has 0 saturated heterocycles. The van der Waals surface area contributed by atoms with Gasteiger partial charge >= 0.3 is 0 Å². The lowest BCUT2D eigenvalue weighted by atomic mass is 10.2. The molecule has 0 aliphatic heterocycles. The zero-order valence-electron chi connectivity index (χ0n) is 12.4. The van der Waals surface area contributed by atoms with E-state index < -0.39 is 19.1 Å². The fourth-order valence-corrected chi connectivity index (χ4v) is 2.90. The SMILES string of the molecule is O=P(O)(C(O)/C=C/c1ccccc1)C(O)/C=C/c1ccccc1. The van der Waals surface area contributed by atoms with E-state index in [-0.39, 0.29) is 0 Å². The summed E-state index contributed by atoms with van der Waals surface area (Å²) >= 11 is 0. The molecular weight excluding hydrogens is 311 g/mol. The lowest BCUT2D eigenvalue weighted by molar-refractivity contribution is 0.228. The van der Waals surface area contributed by atoms with E-state index in [0.29, 0.717) is 0 Å². The highest BCUT2D eigenvalue weighted by Gasteiger charge is 2.34. The van der Waals surface area contributed by atoms with Crippen molar-refractivity contribution in [2.45, 2.75) is 11.7 Å². The Bertz CT molecular complexity index is 651. The minimum Gasteiger partial charge on any atom is -0.379 e. The Balaban J connectivity index is 2.05.